The molecule has 4 heteroatoms. The summed E-state index contributed by atoms with van der Waals surface area (Å²) in [5, 5.41) is 3.90. The van der Waals surface area contributed by atoms with Crippen molar-refractivity contribution in [3.05, 3.63) is 76.9 Å². The Bertz CT molecular complexity index is 868. The predicted molar refractivity (Wildman–Crippen MR) is 121 cm³/mol. The first-order valence-corrected chi connectivity index (χ1v) is 11.0. The molecule has 2 aromatic rings. The molecular weight excluding hydrogens is 372 g/mol. The highest BCUT2D eigenvalue weighted by atomic mass is 16.5. The molecule has 0 bridgehead atoms. The van der Waals surface area contributed by atoms with E-state index >= 15 is 0 Å². The molecular formula is C26H32N2O2. The van der Waals surface area contributed by atoms with Gasteiger partial charge in [-0.2, -0.15) is 0 Å². The second-order valence-corrected chi connectivity index (χ2v) is 8.65. The molecule has 2 atom stereocenters. The molecule has 0 radical (unpaired) electrons. The van der Waals surface area contributed by atoms with Crippen molar-refractivity contribution in [3.63, 3.8) is 0 Å². The molecule has 0 spiro atoms. The molecule has 158 valence electrons. The number of nitrogens with zero attached hydrogens (tertiary/aromatic N) is 1. The van der Waals surface area contributed by atoms with Gasteiger partial charge in [0, 0.05) is 18.6 Å². The van der Waals surface area contributed by atoms with Crippen molar-refractivity contribution in [2.75, 3.05) is 20.2 Å². The molecule has 0 amide bonds. The van der Waals surface area contributed by atoms with E-state index in [-0.39, 0.29) is 5.97 Å². The number of benzene rings is 2. The summed E-state index contributed by atoms with van der Waals surface area (Å²) in [5.41, 5.74) is 4.65. The number of esters is 1. The summed E-state index contributed by atoms with van der Waals surface area (Å²) in [4.78, 5) is 14.1. The SMILES string of the molecule is COC(=O)c1ccc(CN2CCC(N[C@@H]3C[C@H]3C(C)=Cc3ccccc3)CC2)cc1. The van der Waals surface area contributed by atoms with Gasteiger partial charge in [-0.05, 0) is 68.5 Å². The van der Waals surface area contributed by atoms with E-state index in [4.69, 9.17) is 4.74 Å². The van der Waals surface area contributed by atoms with Crippen LogP contribution in [0.3, 0.4) is 0 Å². The number of piperidine rings is 1. The van der Waals surface area contributed by atoms with Crippen LogP contribution in [0, 0.1) is 5.92 Å². The van der Waals surface area contributed by atoms with E-state index in [0.717, 1.165) is 19.6 Å². The number of methoxy groups -OCH3 is 1. The number of rotatable bonds is 7. The summed E-state index contributed by atoms with van der Waals surface area (Å²) in [7, 11) is 1.42. The van der Waals surface area contributed by atoms with E-state index in [0.29, 0.717) is 23.6 Å². The molecule has 4 nitrogen and oxygen atoms in total. The first kappa shape index (κ1) is 20.8. The van der Waals surface area contributed by atoms with Crippen LogP contribution in [0.15, 0.2) is 60.2 Å². The molecule has 2 aliphatic rings. The first-order chi connectivity index (χ1) is 14.6. The van der Waals surface area contributed by atoms with Crippen molar-refractivity contribution < 1.29 is 9.53 Å². The van der Waals surface area contributed by atoms with Crippen molar-refractivity contribution in [2.24, 2.45) is 5.92 Å². The summed E-state index contributed by atoms with van der Waals surface area (Å²) in [6.45, 7) is 5.45. The van der Waals surface area contributed by atoms with Crippen LogP contribution >= 0.6 is 0 Å². The van der Waals surface area contributed by atoms with E-state index in [2.05, 4.69) is 53.5 Å². The third-order valence-electron chi connectivity index (χ3n) is 6.39. The lowest BCUT2D eigenvalue weighted by atomic mass is 10.0. The quantitative estimate of drug-likeness (QED) is 0.689. The van der Waals surface area contributed by atoms with Crippen LogP contribution in [0.25, 0.3) is 6.08 Å². The Hall–Kier alpha value is -2.43. The average Bonchev–Trinajstić information content (AvgIpc) is 3.55. The van der Waals surface area contributed by atoms with Gasteiger partial charge in [0.15, 0.2) is 0 Å². The molecule has 4 rings (SSSR count). The number of nitrogens with one attached hydrogen (secondary N) is 1. The van der Waals surface area contributed by atoms with Crippen molar-refractivity contribution in [1.82, 2.24) is 10.2 Å². The Balaban J connectivity index is 1.20. The fourth-order valence-corrected chi connectivity index (χ4v) is 4.48. The number of carbonyl (C=O) groups excluding carboxylic acids is 1. The topological polar surface area (TPSA) is 41.6 Å². The first-order valence-electron chi connectivity index (χ1n) is 11.0. The number of carbonyl (C=O) groups is 1. The fraction of sp³-hybridized carbons (Fsp3) is 0.423. The van der Waals surface area contributed by atoms with Gasteiger partial charge in [-0.1, -0.05) is 54.1 Å². The van der Waals surface area contributed by atoms with Crippen LogP contribution in [-0.2, 0) is 11.3 Å². The molecule has 1 N–H and O–H groups in total. The lowest BCUT2D eigenvalue weighted by Gasteiger charge is -2.32. The van der Waals surface area contributed by atoms with Gasteiger partial charge in [-0.3, -0.25) is 4.90 Å². The molecule has 1 saturated heterocycles. The number of hydrogen-bond donors (Lipinski definition) is 1. The third-order valence-corrected chi connectivity index (χ3v) is 6.39. The second-order valence-electron chi connectivity index (χ2n) is 8.65. The summed E-state index contributed by atoms with van der Waals surface area (Å²) in [5.74, 6) is 0.414. The smallest absolute Gasteiger partial charge is 0.337 e. The Morgan fingerprint density at radius 3 is 2.47 bits per heavy atom. The number of likely N-dealkylation sites (tertiary alicyclic amines) is 1. The molecule has 0 unspecified atom stereocenters. The Labute approximate surface area is 179 Å². The van der Waals surface area contributed by atoms with Crippen LogP contribution in [0.1, 0.15) is 47.7 Å². The highest BCUT2D eigenvalue weighted by Gasteiger charge is 2.39. The van der Waals surface area contributed by atoms with E-state index in [9.17, 15) is 4.79 Å². The van der Waals surface area contributed by atoms with Gasteiger partial charge in [0.05, 0.1) is 12.7 Å². The molecule has 1 aliphatic heterocycles. The molecule has 1 saturated carbocycles. The second kappa shape index (κ2) is 9.59. The standard InChI is InChI=1S/C26H32N2O2/c1-19(16-20-6-4-3-5-7-20)24-17-25(24)27-23-12-14-28(15-13-23)18-21-8-10-22(11-9-21)26(29)30-2/h3-11,16,23-25,27H,12-15,17-18H2,1-2H3/t24-,25+/m0/s1. The highest BCUT2D eigenvalue weighted by molar-refractivity contribution is 5.89. The van der Waals surface area contributed by atoms with Crippen molar-refractivity contribution >= 4 is 12.0 Å². The summed E-state index contributed by atoms with van der Waals surface area (Å²) >= 11 is 0. The van der Waals surface area contributed by atoms with Crippen LogP contribution < -0.4 is 5.32 Å². The van der Waals surface area contributed by atoms with Gasteiger partial charge in [-0.15, -0.1) is 0 Å². The largest absolute Gasteiger partial charge is 0.465 e. The van der Waals surface area contributed by atoms with E-state index < -0.39 is 0 Å². The van der Waals surface area contributed by atoms with Crippen molar-refractivity contribution in [2.45, 2.75) is 44.8 Å². The van der Waals surface area contributed by atoms with Gasteiger partial charge in [0.2, 0.25) is 0 Å². The minimum Gasteiger partial charge on any atom is -0.465 e. The Morgan fingerprint density at radius 2 is 1.80 bits per heavy atom. The fourth-order valence-electron chi connectivity index (χ4n) is 4.48. The van der Waals surface area contributed by atoms with Crippen LogP contribution in [0.2, 0.25) is 0 Å². The third kappa shape index (κ3) is 5.38. The van der Waals surface area contributed by atoms with Gasteiger partial charge in [0.1, 0.15) is 0 Å². The van der Waals surface area contributed by atoms with Crippen LogP contribution in [0.5, 0.6) is 0 Å². The number of ether oxygens (including phenoxy) is 1. The van der Waals surface area contributed by atoms with Crippen molar-refractivity contribution in [3.8, 4) is 0 Å². The zero-order valence-corrected chi connectivity index (χ0v) is 18.0. The van der Waals surface area contributed by atoms with E-state index in [1.807, 2.05) is 24.3 Å². The minimum absolute atomic E-state index is 0.277. The lowest BCUT2D eigenvalue weighted by molar-refractivity contribution is 0.0600. The van der Waals surface area contributed by atoms with Gasteiger partial charge in [-0.25, -0.2) is 4.79 Å². The Kier molecular flexibility index (Phi) is 6.66. The van der Waals surface area contributed by atoms with Crippen LogP contribution in [0.4, 0.5) is 0 Å². The average molecular weight is 405 g/mol. The molecule has 1 aliphatic carbocycles. The molecule has 30 heavy (non-hydrogen) atoms. The maximum atomic E-state index is 11.6. The molecule has 1 heterocycles. The Morgan fingerprint density at radius 1 is 1.10 bits per heavy atom. The zero-order valence-electron chi connectivity index (χ0n) is 18.0. The van der Waals surface area contributed by atoms with Gasteiger partial charge in [0.25, 0.3) is 0 Å². The lowest BCUT2D eigenvalue weighted by Crippen LogP contribution is -2.43. The monoisotopic (exact) mass is 404 g/mol. The highest BCUT2D eigenvalue weighted by Crippen LogP contribution is 2.38. The van der Waals surface area contributed by atoms with E-state index in [1.165, 1.54) is 43.1 Å². The maximum Gasteiger partial charge on any atom is 0.337 e. The van der Waals surface area contributed by atoms with Gasteiger partial charge >= 0.3 is 5.97 Å². The van der Waals surface area contributed by atoms with Gasteiger partial charge < -0.3 is 10.1 Å². The predicted octanol–water partition coefficient (Wildman–Crippen LogP) is 4.52. The van der Waals surface area contributed by atoms with Crippen molar-refractivity contribution in [1.29, 1.82) is 0 Å². The normalized spacial score (nSPS) is 22.7. The summed E-state index contributed by atoms with van der Waals surface area (Å²) < 4.78 is 4.77. The number of hydrogen-bond acceptors (Lipinski definition) is 4. The maximum absolute atomic E-state index is 11.6. The summed E-state index contributed by atoms with van der Waals surface area (Å²) in [6, 6.07) is 19.7. The zero-order chi connectivity index (χ0) is 20.9. The summed E-state index contributed by atoms with van der Waals surface area (Å²) in [6.07, 6.45) is 6.00. The minimum atomic E-state index is -0.277. The van der Waals surface area contributed by atoms with Crippen LogP contribution in [-0.4, -0.2) is 43.2 Å². The van der Waals surface area contributed by atoms with E-state index in [1.54, 1.807) is 0 Å². The molecule has 2 fully saturated rings. The molecule has 2 aromatic carbocycles. The molecule has 0 aromatic heterocycles.